The van der Waals surface area contributed by atoms with E-state index in [1.807, 2.05) is 12.1 Å². The number of carbonyl (C=O) groups excluding carboxylic acids is 2. The van der Waals surface area contributed by atoms with Crippen LogP contribution in [0.25, 0.3) is 0 Å². The summed E-state index contributed by atoms with van der Waals surface area (Å²) in [4.78, 5) is 37.0. The Kier molecular flexibility index (Phi) is 5.25. The van der Waals surface area contributed by atoms with Crippen molar-refractivity contribution in [3.05, 3.63) is 47.0 Å². The Bertz CT molecular complexity index is 813. The summed E-state index contributed by atoms with van der Waals surface area (Å²) in [7, 11) is 0. The molecule has 26 heavy (non-hydrogen) atoms. The quantitative estimate of drug-likeness (QED) is 0.832. The first kappa shape index (κ1) is 18.0. The van der Waals surface area contributed by atoms with E-state index in [-0.39, 0.29) is 29.4 Å². The molecule has 0 aromatic carbocycles. The molecule has 0 saturated heterocycles. The molecule has 2 aromatic heterocycles. The lowest BCUT2D eigenvalue weighted by Crippen LogP contribution is -2.25. The first-order chi connectivity index (χ1) is 12.4. The second-order valence-electron chi connectivity index (χ2n) is 6.91. The van der Waals surface area contributed by atoms with Crippen molar-refractivity contribution >= 4 is 17.8 Å². The van der Waals surface area contributed by atoms with E-state index in [0.717, 1.165) is 24.1 Å². The summed E-state index contributed by atoms with van der Waals surface area (Å²) >= 11 is 0. The second-order valence-corrected chi connectivity index (χ2v) is 6.91. The van der Waals surface area contributed by atoms with Gasteiger partial charge in [0.05, 0.1) is 0 Å². The number of hydrogen-bond donors (Lipinski definition) is 2. The minimum absolute atomic E-state index is 0.0534. The van der Waals surface area contributed by atoms with Crippen LogP contribution >= 0.6 is 0 Å². The van der Waals surface area contributed by atoms with Crippen LogP contribution in [0.2, 0.25) is 0 Å². The predicted octanol–water partition coefficient (Wildman–Crippen LogP) is 2.58. The average Bonchev–Trinajstić information content (AvgIpc) is 3.44. The molecule has 3 rings (SSSR count). The summed E-state index contributed by atoms with van der Waals surface area (Å²) in [5.74, 6) is 0.197. The van der Waals surface area contributed by atoms with E-state index in [2.05, 4.69) is 39.4 Å². The van der Waals surface area contributed by atoms with Gasteiger partial charge in [0, 0.05) is 30.0 Å². The highest BCUT2D eigenvalue weighted by molar-refractivity contribution is 5.95. The number of pyridine rings is 1. The molecule has 7 nitrogen and oxygen atoms in total. The number of aryl methyl sites for hydroxylation is 1. The molecule has 0 bridgehead atoms. The van der Waals surface area contributed by atoms with Crippen molar-refractivity contribution in [2.45, 2.75) is 46.1 Å². The Labute approximate surface area is 152 Å². The number of anilines is 1. The number of hydrogen-bond acceptors (Lipinski definition) is 5. The summed E-state index contributed by atoms with van der Waals surface area (Å²) < 4.78 is 0. The van der Waals surface area contributed by atoms with Crippen molar-refractivity contribution in [1.29, 1.82) is 0 Å². The first-order valence-electron chi connectivity index (χ1n) is 8.82. The molecule has 1 aliphatic carbocycles. The van der Waals surface area contributed by atoms with Gasteiger partial charge in [0.2, 0.25) is 11.9 Å². The molecule has 1 fully saturated rings. The van der Waals surface area contributed by atoms with Crippen LogP contribution in [0, 0.1) is 12.8 Å². The van der Waals surface area contributed by atoms with Crippen LogP contribution in [0.3, 0.4) is 0 Å². The lowest BCUT2D eigenvalue weighted by atomic mass is 10.1. The molecule has 2 heterocycles. The molecule has 0 atom stereocenters. The fraction of sp³-hybridized carbons (Fsp3) is 0.421. The summed E-state index contributed by atoms with van der Waals surface area (Å²) in [5.41, 5.74) is 2.79. The Morgan fingerprint density at radius 3 is 2.62 bits per heavy atom. The normalized spacial score (nSPS) is 13.5. The number of aromatic nitrogens is 3. The first-order valence-corrected chi connectivity index (χ1v) is 8.82. The Hall–Kier alpha value is -2.83. The zero-order valence-electron chi connectivity index (χ0n) is 15.2. The monoisotopic (exact) mass is 353 g/mol. The van der Waals surface area contributed by atoms with Crippen LogP contribution in [-0.2, 0) is 11.3 Å². The Balaban J connectivity index is 1.63. The van der Waals surface area contributed by atoms with Gasteiger partial charge in [-0.3, -0.25) is 19.9 Å². The lowest BCUT2D eigenvalue weighted by Gasteiger charge is -2.09. The number of nitrogens with zero attached hydrogens (tertiary/aromatic N) is 3. The van der Waals surface area contributed by atoms with Crippen LogP contribution in [0.15, 0.2) is 24.4 Å². The largest absolute Gasteiger partial charge is 0.347 e. The van der Waals surface area contributed by atoms with Crippen molar-refractivity contribution in [1.82, 2.24) is 20.3 Å². The third-order valence-corrected chi connectivity index (χ3v) is 4.16. The molecule has 1 saturated carbocycles. The molecule has 0 radical (unpaired) electrons. The predicted molar refractivity (Wildman–Crippen MR) is 97.6 cm³/mol. The zero-order valence-corrected chi connectivity index (χ0v) is 15.2. The van der Waals surface area contributed by atoms with Crippen molar-refractivity contribution in [2.24, 2.45) is 5.92 Å². The molecule has 2 aromatic rings. The average molecular weight is 353 g/mol. The molecule has 7 heteroatoms. The van der Waals surface area contributed by atoms with Gasteiger partial charge in [-0.25, -0.2) is 9.97 Å². The van der Waals surface area contributed by atoms with Crippen molar-refractivity contribution in [3.63, 3.8) is 0 Å². The van der Waals surface area contributed by atoms with E-state index in [1.54, 1.807) is 19.2 Å². The third-order valence-electron chi connectivity index (χ3n) is 4.16. The Morgan fingerprint density at radius 2 is 2.00 bits per heavy atom. The maximum atomic E-state index is 12.4. The minimum Gasteiger partial charge on any atom is -0.347 e. The highest BCUT2D eigenvalue weighted by atomic mass is 16.2. The maximum Gasteiger partial charge on any atom is 0.270 e. The van der Waals surface area contributed by atoms with Gasteiger partial charge in [-0.1, -0.05) is 19.9 Å². The molecular weight excluding hydrogens is 330 g/mol. The highest BCUT2D eigenvalue weighted by Gasteiger charge is 2.30. The SMILES string of the molecule is Cc1cc(C(=O)NCc2ccc(C(C)C)nc2)nc(NC(=O)C2CC2)n1. The third kappa shape index (κ3) is 4.62. The van der Waals surface area contributed by atoms with Gasteiger partial charge < -0.3 is 5.32 Å². The number of carbonyl (C=O) groups is 2. The number of rotatable bonds is 6. The van der Waals surface area contributed by atoms with Gasteiger partial charge in [-0.15, -0.1) is 0 Å². The van der Waals surface area contributed by atoms with Gasteiger partial charge in [0.1, 0.15) is 5.69 Å². The van der Waals surface area contributed by atoms with E-state index >= 15 is 0 Å². The van der Waals surface area contributed by atoms with Crippen LogP contribution in [0.5, 0.6) is 0 Å². The number of amides is 2. The van der Waals surface area contributed by atoms with Gasteiger partial charge in [-0.05, 0) is 43.4 Å². The summed E-state index contributed by atoms with van der Waals surface area (Å²) in [6.45, 7) is 6.29. The fourth-order valence-corrected chi connectivity index (χ4v) is 2.45. The molecule has 0 unspecified atom stereocenters. The van der Waals surface area contributed by atoms with E-state index in [9.17, 15) is 9.59 Å². The summed E-state index contributed by atoms with van der Waals surface area (Å²) in [6, 6.07) is 5.52. The molecule has 0 aliphatic heterocycles. The highest BCUT2D eigenvalue weighted by Crippen LogP contribution is 2.29. The molecular formula is C19H23N5O2. The van der Waals surface area contributed by atoms with Gasteiger partial charge >= 0.3 is 0 Å². The van der Waals surface area contributed by atoms with Crippen LogP contribution < -0.4 is 10.6 Å². The van der Waals surface area contributed by atoms with Crippen LogP contribution in [-0.4, -0.2) is 26.8 Å². The van der Waals surface area contributed by atoms with E-state index < -0.39 is 0 Å². The summed E-state index contributed by atoms with van der Waals surface area (Å²) in [6.07, 6.45) is 3.56. The molecule has 0 spiro atoms. The fourth-order valence-electron chi connectivity index (χ4n) is 2.45. The molecule has 136 valence electrons. The van der Waals surface area contributed by atoms with E-state index in [1.165, 1.54) is 0 Å². The standard InChI is InChI=1S/C19H23N5O2/c1-11(2)15-7-4-13(9-20-15)10-21-18(26)16-8-12(3)22-19(23-16)24-17(25)14-5-6-14/h4,7-9,11,14H,5-6,10H2,1-3H3,(H,21,26)(H,22,23,24,25). The van der Waals surface area contributed by atoms with Gasteiger partial charge in [-0.2, -0.15) is 0 Å². The zero-order chi connectivity index (χ0) is 18.7. The van der Waals surface area contributed by atoms with E-state index in [4.69, 9.17) is 0 Å². The van der Waals surface area contributed by atoms with Crippen molar-refractivity contribution in [2.75, 3.05) is 5.32 Å². The molecule has 1 aliphatic rings. The lowest BCUT2D eigenvalue weighted by molar-refractivity contribution is -0.117. The molecule has 2 N–H and O–H groups in total. The van der Waals surface area contributed by atoms with Gasteiger partial charge in [0.25, 0.3) is 5.91 Å². The van der Waals surface area contributed by atoms with Crippen LogP contribution in [0.4, 0.5) is 5.95 Å². The maximum absolute atomic E-state index is 12.4. The van der Waals surface area contributed by atoms with Crippen LogP contribution in [0.1, 0.15) is 60.0 Å². The topological polar surface area (TPSA) is 96.9 Å². The molecule has 2 amide bonds. The smallest absolute Gasteiger partial charge is 0.270 e. The van der Waals surface area contributed by atoms with Gasteiger partial charge in [0.15, 0.2) is 0 Å². The summed E-state index contributed by atoms with van der Waals surface area (Å²) in [5, 5.41) is 5.50. The van der Waals surface area contributed by atoms with Crippen molar-refractivity contribution in [3.8, 4) is 0 Å². The second kappa shape index (κ2) is 7.59. The number of nitrogens with one attached hydrogen (secondary N) is 2. The van der Waals surface area contributed by atoms with Crippen molar-refractivity contribution < 1.29 is 9.59 Å². The van der Waals surface area contributed by atoms with E-state index in [0.29, 0.717) is 18.2 Å². The minimum atomic E-state index is -0.314. The Morgan fingerprint density at radius 1 is 1.23 bits per heavy atom.